The number of aryl methyl sites for hydroxylation is 1. The zero-order chi connectivity index (χ0) is 20.1. The van der Waals surface area contributed by atoms with Gasteiger partial charge in [0.15, 0.2) is 6.61 Å². The molecular weight excluding hydrogens is 360 g/mol. The number of rotatable bonds is 6. The summed E-state index contributed by atoms with van der Waals surface area (Å²) in [6.07, 6.45) is 0. The Hall–Kier alpha value is -4.02. The summed E-state index contributed by atoms with van der Waals surface area (Å²) in [5, 5.41) is 24.2. The van der Waals surface area contributed by atoms with Gasteiger partial charge in [-0.1, -0.05) is 12.1 Å². The smallest absolute Gasteiger partial charge is 0.338 e. The highest BCUT2D eigenvalue weighted by Crippen LogP contribution is 2.27. The molecule has 0 fully saturated rings. The van der Waals surface area contributed by atoms with Gasteiger partial charge in [0.25, 0.3) is 17.3 Å². The maximum atomic E-state index is 12.0. The number of amides is 1. The van der Waals surface area contributed by atoms with Gasteiger partial charge in [-0.15, -0.1) is 0 Å². The minimum atomic E-state index is -0.979. The molecule has 0 aromatic heterocycles. The number of benzene rings is 2. The lowest BCUT2D eigenvalue weighted by Gasteiger charge is -2.09. The second-order valence-electron chi connectivity index (χ2n) is 5.38. The number of carbonyl (C=O) groups is 2. The first kappa shape index (κ1) is 19.3. The Morgan fingerprint density at radius 3 is 2.41 bits per heavy atom. The molecule has 2 aromatic rings. The number of nitrogens with one attached hydrogen (secondary N) is 1. The van der Waals surface area contributed by atoms with Crippen molar-refractivity contribution in [1.82, 2.24) is 0 Å². The van der Waals surface area contributed by atoms with Gasteiger partial charge in [0.05, 0.1) is 15.4 Å². The van der Waals surface area contributed by atoms with Crippen LogP contribution in [-0.2, 0) is 9.53 Å². The first-order valence-corrected chi connectivity index (χ1v) is 7.45. The number of hydrogen-bond donors (Lipinski definition) is 2. The van der Waals surface area contributed by atoms with Gasteiger partial charge in [-0.05, 0) is 24.6 Å². The molecule has 2 rings (SSSR count). The normalized spacial score (nSPS) is 10.1. The Morgan fingerprint density at radius 1 is 1.11 bits per heavy atom. The minimum Gasteiger partial charge on any atom is -0.452 e. The lowest BCUT2D eigenvalue weighted by atomic mass is 10.1. The third-order valence-corrected chi connectivity index (χ3v) is 3.51. The molecule has 1 amide bonds. The first-order valence-electron chi connectivity index (χ1n) is 7.45. The molecule has 27 heavy (non-hydrogen) atoms. The molecule has 2 aromatic carbocycles. The summed E-state index contributed by atoms with van der Waals surface area (Å²) in [5.74, 6) is -1.78. The molecule has 0 bridgehead atoms. The fourth-order valence-corrected chi connectivity index (χ4v) is 2.19. The monoisotopic (exact) mass is 374 g/mol. The SMILES string of the molecule is Cc1cccc([N+](=O)[O-])c1NC(=O)COC(=O)c1ccc(N)c([N+](=O)[O-])c1. The number of nitro groups is 2. The Morgan fingerprint density at radius 2 is 1.78 bits per heavy atom. The van der Waals surface area contributed by atoms with Gasteiger partial charge in [-0.2, -0.15) is 0 Å². The molecule has 0 saturated carbocycles. The summed E-state index contributed by atoms with van der Waals surface area (Å²) in [5.41, 5.74) is 4.83. The molecule has 3 N–H and O–H groups in total. The van der Waals surface area contributed by atoms with Crippen LogP contribution in [0.25, 0.3) is 0 Å². The number of nitrogens with zero attached hydrogens (tertiary/aromatic N) is 2. The minimum absolute atomic E-state index is 0.00771. The van der Waals surface area contributed by atoms with Gasteiger partial charge in [-0.25, -0.2) is 4.79 Å². The number of hydrogen-bond acceptors (Lipinski definition) is 8. The Kier molecular flexibility index (Phi) is 5.65. The topological polar surface area (TPSA) is 168 Å². The van der Waals surface area contributed by atoms with Crippen molar-refractivity contribution in [3.05, 3.63) is 67.8 Å². The summed E-state index contributed by atoms with van der Waals surface area (Å²) in [7, 11) is 0. The quantitative estimate of drug-likeness (QED) is 0.335. The fraction of sp³-hybridized carbons (Fsp3) is 0.125. The number of para-hydroxylation sites is 1. The number of anilines is 2. The number of esters is 1. The highest BCUT2D eigenvalue weighted by atomic mass is 16.6. The molecule has 0 spiro atoms. The molecule has 0 heterocycles. The second-order valence-corrected chi connectivity index (χ2v) is 5.38. The van der Waals surface area contributed by atoms with Crippen LogP contribution < -0.4 is 11.1 Å². The van der Waals surface area contributed by atoms with E-state index in [-0.39, 0.29) is 22.6 Å². The standard InChI is InChI=1S/C16H14N4O7/c1-9-3-2-4-12(19(23)24)15(9)18-14(21)8-27-16(22)10-5-6-11(17)13(7-10)20(25)26/h2-7H,8,17H2,1H3,(H,18,21). The van der Waals surface area contributed by atoms with Gasteiger partial charge < -0.3 is 15.8 Å². The highest BCUT2D eigenvalue weighted by Gasteiger charge is 2.20. The number of nitro benzene ring substituents is 2. The molecule has 140 valence electrons. The van der Waals surface area contributed by atoms with Crippen molar-refractivity contribution in [2.24, 2.45) is 0 Å². The van der Waals surface area contributed by atoms with Crippen molar-refractivity contribution in [1.29, 1.82) is 0 Å². The van der Waals surface area contributed by atoms with Crippen LogP contribution in [0.3, 0.4) is 0 Å². The molecule has 0 saturated heterocycles. The second kappa shape index (κ2) is 7.91. The van der Waals surface area contributed by atoms with E-state index in [4.69, 9.17) is 10.5 Å². The van der Waals surface area contributed by atoms with E-state index in [0.717, 1.165) is 6.07 Å². The summed E-state index contributed by atoms with van der Waals surface area (Å²) in [6.45, 7) is 0.838. The van der Waals surface area contributed by atoms with E-state index in [0.29, 0.717) is 5.56 Å². The predicted molar refractivity (Wildman–Crippen MR) is 94.3 cm³/mol. The van der Waals surface area contributed by atoms with Crippen molar-refractivity contribution < 1.29 is 24.2 Å². The van der Waals surface area contributed by atoms with Gasteiger partial charge >= 0.3 is 5.97 Å². The van der Waals surface area contributed by atoms with Crippen molar-refractivity contribution >= 4 is 34.6 Å². The van der Waals surface area contributed by atoms with Crippen LogP contribution in [0.1, 0.15) is 15.9 Å². The molecule has 0 aliphatic rings. The largest absolute Gasteiger partial charge is 0.452 e. The van der Waals surface area contributed by atoms with Crippen molar-refractivity contribution in [3.63, 3.8) is 0 Å². The molecule has 11 heteroatoms. The average molecular weight is 374 g/mol. The van der Waals surface area contributed by atoms with E-state index >= 15 is 0 Å². The Labute approximate surface area is 152 Å². The fourth-order valence-electron chi connectivity index (χ4n) is 2.19. The number of ether oxygens (including phenoxy) is 1. The van der Waals surface area contributed by atoms with E-state index in [2.05, 4.69) is 5.32 Å². The van der Waals surface area contributed by atoms with Crippen molar-refractivity contribution in [3.8, 4) is 0 Å². The molecule has 0 radical (unpaired) electrons. The molecule has 0 aliphatic carbocycles. The number of nitrogen functional groups attached to an aromatic ring is 1. The van der Waals surface area contributed by atoms with Crippen LogP contribution in [0.2, 0.25) is 0 Å². The molecule has 0 unspecified atom stereocenters. The molecule has 0 aliphatic heterocycles. The van der Waals surface area contributed by atoms with Crippen LogP contribution in [0.5, 0.6) is 0 Å². The number of nitrogens with two attached hydrogens (primary N) is 1. The predicted octanol–water partition coefficient (Wildman–Crippen LogP) is 2.19. The van der Waals surface area contributed by atoms with Gasteiger partial charge in [0, 0.05) is 12.1 Å². The molecule has 11 nitrogen and oxygen atoms in total. The summed E-state index contributed by atoms with van der Waals surface area (Å²) in [4.78, 5) is 44.4. The lowest BCUT2D eigenvalue weighted by molar-refractivity contribution is -0.384. The maximum absolute atomic E-state index is 12.0. The summed E-state index contributed by atoms with van der Waals surface area (Å²) < 4.78 is 4.79. The first-order chi connectivity index (χ1) is 12.7. The number of carbonyl (C=O) groups excluding carboxylic acids is 2. The van der Waals surface area contributed by atoms with E-state index in [1.807, 2.05) is 0 Å². The van der Waals surface area contributed by atoms with Crippen molar-refractivity contribution in [2.75, 3.05) is 17.7 Å². The average Bonchev–Trinajstić information content (AvgIpc) is 2.61. The van der Waals surface area contributed by atoms with E-state index < -0.39 is 34.0 Å². The van der Waals surface area contributed by atoms with Gasteiger partial charge in [0.2, 0.25) is 0 Å². The van der Waals surface area contributed by atoms with Crippen molar-refractivity contribution in [2.45, 2.75) is 6.92 Å². The Bertz CT molecular complexity index is 942. The van der Waals surface area contributed by atoms with Crippen LogP contribution in [0, 0.1) is 27.2 Å². The third-order valence-electron chi connectivity index (χ3n) is 3.51. The Balaban J connectivity index is 2.07. The lowest BCUT2D eigenvalue weighted by Crippen LogP contribution is -2.22. The van der Waals surface area contributed by atoms with Gasteiger partial charge in [0.1, 0.15) is 11.4 Å². The van der Waals surface area contributed by atoms with E-state index in [1.54, 1.807) is 13.0 Å². The van der Waals surface area contributed by atoms with Gasteiger partial charge in [-0.3, -0.25) is 25.0 Å². The molecular formula is C16H14N4O7. The molecule has 0 atom stereocenters. The van der Waals surface area contributed by atoms with E-state index in [1.165, 1.54) is 24.3 Å². The van der Waals surface area contributed by atoms with Crippen LogP contribution in [0.15, 0.2) is 36.4 Å². The van der Waals surface area contributed by atoms with Crippen LogP contribution in [0.4, 0.5) is 22.7 Å². The van der Waals surface area contributed by atoms with Crippen LogP contribution >= 0.6 is 0 Å². The van der Waals surface area contributed by atoms with Crippen LogP contribution in [-0.4, -0.2) is 28.3 Å². The highest BCUT2D eigenvalue weighted by molar-refractivity contribution is 5.97. The zero-order valence-electron chi connectivity index (χ0n) is 14.0. The summed E-state index contributed by atoms with van der Waals surface area (Å²) >= 11 is 0. The maximum Gasteiger partial charge on any atom is 0.338 e. The van der Waals surface area contributed by atoms with E-state index in [9.17, 15) is 29.8 Å². The summed E-state index contributed by atoms with van der Waals surface area (Å²) in [6, 6.07) is 7.59. The zero-order valence-corrected chi connectivity index (χ0v) is 14.0. The third kappa shape index (κ3) is 4.54.